The molecule has 4 nitrogen and oxygen atoms in total. The van der Waals surface area contributed by atoms with Crippen molar-refractivity contribution in [3.05, 3.63) is 64.4 Å². The summed E-state index contributed by atoms with van der Waals surface area (Å²) in [7, 11) is -3.03. The second-order valence-electron chi connectivity index (χ2n) is 6.84. The van der Waals surface area contributed by atoms with Crippen molar-refractivity contribution in [3.8, 4) is 0 Å². The van der Waals surface area contributed by atoms with Crippen molar-refractivity contribution < 1.29 is 12.8 Å². The molecule has 2 aromatic carbocycles. The Kier molecular flexibility index (Phi) is 4.94. The number of halogens is 2. The fourth-order valence-electron chi connectivity index (χ4n) is 3.38. The van der Waals surface area contributed by atoms with Gasteiger partial charge < -0.3 is 4.90 Å². The number of benzene rings is 2. The molecule has 2 unspecified atom stereocenters. The van der Waals surface area contributed by atoms with E-state index in [1.165, 1.54) is 17.8 Å². The van der Waals surface area contributed by atoms with Gasteiger partial charge in [-0.1, -0.05) is 41.6 Å². The highest BCUT2D eigenvalue weighted by atomic mass is 35.5. The summed E-state index contributed by atoms with van der Waals surface area (Å²) in [5.74, 6) is -0.153. The van der Waals surface area contributed by atoms with Gasteiger partial charge in [0.05, 0.1) is 24.1 Å². The maximum Gasteiger partial charge on any atom is 0.164 e. The highest BCUT2D eigenvalue weighted by molar-refractivity contribution is 8.15. The number of nitrogens with zero attached hydrogens (tertiary/aromatic N) is 2. The number of hydrogen-bond acceptors (Lipinski definition) is 5. The van der Waals surface area contributed by atoms with E-state index in [9.17, 15) is 12.8 Å². The largest absolute Gasteiger partial charge is 0.317 e. The molecule has 27 heavy (non-hydrogen) atoms. The van der Waals surface area contributed by atoms with Gasteiger partial charge in [-0.3, -0.25) is 4.99 Å². The third kappa shape index (κ3) is 3.86. The second kappa shape index (κ2) is 7.11. The lowest BCUT2D eigenvalue weighted by atomic mass is 10.1. The van der Waals surface area contributed by atoms with Crippen molar-refractivity contribution in [1.82, 2.24) is 0 Å². The number of hydrogen-bond donors (Lipinski definition) is 0. The van der Waals surface area contributed by atoms with E-state index < -0.39 is 9.84 Å². The Labute approximate surface area is 167 Å². The quantitative estimate of drug-likeness (QED) is 0.745. The molecule has 1 fully saturated rings. The molecule has 2 aromatic rings. The van der Waals surface area contributed by atoms with Crippen molar-refractivity contribution in [1.29, 1.82) is 0 Å². The van der Waals surface area contributed by atoms with Crippen LogP contribution in [-0.2, 0) is 16.4 Å². The molecular formula is C19H18ClFN2O2S2. The first-order chi connectivity index (χ1) is 12.8. The maximum atomic E-state index is 14.4. The molecule has 0 bridgehead atoms. The van der Waals surface area contributed by atoms with Gasteiger partial charge in [-0.2, -0.15) is 0 Å². The topological polar surface area (TPSA) is 49.7 Å². The first kappa shape index (κ1) is 18.8. The zero-order valence-electron chi connectivity index (χ0n) is 14.6. The monoisotopic (exact) mass is 424 g/mol. The lowest BCUT2D eigenvalue weighted by molar-refractivity contribution is 0.601. The van der Waals surface area contributed by atoms with Crippen LogP contribution in [0, 0.1) is 12.7 Å². The van der Waals surface area contributed by atoms with Gasteiger partial charge in [0.25, 0.3) is 0 Å². The number of sulfone groups is 1. The van der Waals surface area contributed by atoms with Crippen molar-refractivity contribution >= 4 is 44.1 Å². The van der Waals surface area contributed by atoms with E-state index in [4.69, 9.17) is 11.6 Å². The third-order valence-corrected chi connectivity index (χ3v) is 8.33. The number of aryl methyl sites for hydroxylation is 1. The van der Waals surface area contributed by atoms with Crippen LogP contribution in [-0.4, -0.2) is 36.4 Å². The van der Waals surface area contributed by atoms with Gasteiger partial charge in [-0.05, 0) is 36.8 Å². The summed E-state index contributed by atoms with van der Waals surface area (Å²) < 4.78 is 38.1. The van der Waals surface area contributed by atoms with Crippen LogP contribution < -0.4 is 4.90 Å². The minimum atomic E-state index is -3.03. The summed E-state index contributed by atoms with van der Waals surface area (Å²) in [6, 6.07) is 12.3. The molecule has 2 heterocycles. The van der Waals surface area contributed by atoms with Crippen LogP contribution in [0.1, 0.15) is 11.1 Å². The standard InChI is InChI=1S/C19H18ClFN2O2S2/c1-12-4-2-5-13(8-12)23(9-14-15(20)6-3-7-16(14)21)19-22-17-10-27(24,25)11-18(17)26-19/h2-8,17-18H,9-11H2,1H3. The van der Waals surface area contributed by atoms with Gasteiger partial charge >= 0.3 is 0 Å². The summed E-state index contributed by atoms with van der Waals surface area (Å²) in [6.45, 7) is 2.22. The minimum absolute atomic E-state index is 0.0756. The fraction of sp³-hybridized carbons (Fsp3) is 0.316. The van der Waals surface area contributed by atoms with Crippen molar-refractivity contribution in [2.45, 2.75) is 24.8 Å². The van der Waals surface area contributed by atoms with Crippen LogP contribution in [0.5, 0.6) is 0 Å². The zero-order chi connectivity index (χ0) is 19.2. The molecule has 0 saturated carbocycles. The first-order valence-corrected chi connectivity index (χ1v) is 11.6. The Morgan fingerprint density at radius 3 is 2.74 bits per heavy atom. The van der Waals surface area contributed by atoms with Gasteiger partial charge in [0.2, 0.25) is 0 Å². The summed E-state index contributed by atoms with van der Waals surface area (Å²) in [6.07, 6.45) is 0. The SMILES string of the molecule is Cc1cccc(N(Cc2c(F)cccc2Cl)C2=NC3CS(=O)(=O)CC3S2)c1. The third-order valence-electron chi connectivity index (χ3n) is 4.73. The zero-order valence-corrected chi connectivity index (χ0v) is 17.0. The van der Waals surface area contributed by atoms with Crippen LogP contribution in [0.4, 0.5) is 10.1 Å². The molecule has 2 aliphatic heterocycles. The van der Waals surface area contributed by atoms with E-state index in [0.29, 0.717) is 15.8 Å². The van der Waals surface area contributed by atoms with E-state index >= 15 is 0 Å². The van der Waals surface area contributed by atoms with Gasteiger partial charge in [-0.25, -0.2) is 12.8 Å². The summed E-state index contributed by atoms with van der Waals surface area (Å²) >= 11 is 7.69. The molecule has 2 atom stereocenters. The number of thioether (sulfide) groups is 1. The summed E-state index contributed by atoms with van der Waals surface area (Å²) in [5.41, 5.74) is 2.35. The molecule has 1 saturated heterocycles. The van der Waals surface area contributed by atoms with Crippen LogP contribution in [0.15, 0.2) is 47.5 Å². The van der Waals surface area contributed by atoms with Crippen molar-refractivity contribution in [2.75, 3.05) is 16.4 Å². The van der Waals surface area contributed by atoms with Gasteiger partial charge in [0, 0.05) is 21.5 Å². The Balaban J connectivity index is 1.72. The molecule has 4 rings (SSSR count). The van der Waals surface area contributed by atoms with E-state index in [1.807, 2.05) is 36.1 Å². The molecule has 142 valence electrons. The van der Waals surface area contributed by atoms with Crippen LogP contribution in [0.25, 0.3) is 0 Å². The predicted molar refractivity (Wildman–Crippen MR) is 110 cm³/mol. The van der Waals surface area contributed by atoms with Gasteiger partial charge in [-0.15, -0.1) is 0 Å². The number of anilines is 1. The molecule has 0 spiro atoms. The average molecular weight is 425 g/mol. The summed E-state index contributed by atoms with van der Waals surface area (Å²) in [5, 5.41) is 0.997. The molecule has 0 aliphatic carbocycles. The molecule has 0 aromatic heterocycles. The predicted octanol–water partition coefficient (Wildman–Crippen LogP) is 4.06. The molecule has 8 heteroatoms. The van der Waals surface area contributed by atoms with Crippen molar-refractivity contribution in [3.63, 3.8) is 0 Å². The first-order valence-electron chi connectivity index (χ1n) is 8.54. The molecule has 0 radical (unpaired) electrons. The Morgan fingerprint density at radius 2 is 2.04 bits per heavy atom. The highest BCUT2D eigenvalue weighted by Gasteiger charge is 2.44. The van der Waals surface area contributed by atoms with Gasteiger partial charge in [0.1, 0.15) is 5.82 Å². The van der Waals surface area contributed by atoms with Crippen LogP contribution >= 0.6 is 23.4 Å². The minimum Gasteiger partial charge on any atom is -0.317 e. The number of aliphatic imine (C=N–C) groups is 1. The number of rotatable bonds is 3. The molecule has 0 amide bonds. The Morgan fingerprint density at radius 1 is 1.26 bits per heavy atom. The highest BCUT2D eigenvalue weighted by Crippen LogP contribution is 2.38. The lowest BCUT2D eigenvalue weighted by Gasteiger charge is -2.25. The molecule has 2 aliphatic rings. The Hall–Kier alpha value is -1.57. The normalized spacial score (nSPS) is 23.1. The van der Waals surface area contributed by atoms with Crippen molar-refractivity contribution in [2.24, 2.45) is 4.99 Å². The van der Waals surface area contributed by atoms with Crippen LogP contribution in [0.3, 0.4) is 0 Å². The van der Waals surface area contributed by atoms with E-state index in [-0.39, 0.29) is 35.2 Å². The average Bonchev–Trinajstić information content (AvgIpc) is 3.08. The fourth-order valence-corrected chi connectivity index (χ4v) is 7.38. The lowest BCUT2D eigenvalue weighted by Crippen LogP contribution is -2.28. The summed E-state index contributed by atoms with van der Waals surface area (Å²) in [4.78, 5) is 6.59. The second-order valence-corrected chi connectivity index (χ2v) is 10.6. The Bertz CT molecular complexity index is 1010. The molecular weight excluding hydrogens is 407 g/mol. The van der Waals surface area contributed by atoms with E-state index in [2.05, 4.69) is 4.99 Å². The number of fused-ring (bicyclic) bond motifs is 1. The number of amidine groups is 1. The van der Waals surface area contributed by atoms with E-state index in [0.717, 1.165) is 11.3 Å². The molecule has 0 N–H and O–H groups in total. The maximum absolute atomic E-state index is 14.4. The van der Waals surface area contributed by atoms with Gasteiger partial charge in [0.15, 0.2) is 15.0 Å². The van der Waals surface area contributed by atoms with Crippen LogP contribution in [0.2, 0.25) is 5.02 Å². The smallest absolute Gasteiger partial charge is 0.164 e. The van der Waals surface area contributed by atoms with E-state index in [1.54, 1.807) is 12.1 Å².